The molecule has 0 radical (unpaired) electrons. The lowest BCUT2D eigenvalue weighted by Crippen LogP contribution is -2.14. The van der Waals surface area contributed by atoms with Gasteiger partial charge in [-0.25, -0.2) is 0 Å². The smallest absolute Gasteiger partial charge is 0.133 e. The van der Waals surface area contributed by atoms with Crippen molar-refractivity contribution < 1.29 is 9.63 Å². The molecular formula is C9H14N2O2. The third-order valence-corrected chi connectivity index (χ3v) is 2.48. The first-order valence-corrected chi connectivity index (χ1v) is 4.57. The molecular weight excluding hydrogens is 168 g/mol. The zero-order valence-electron chi connectivity index (χ0n) is 7.66. The van der Waals surface area contributed by atoms with Gasteiger partial charge in [0.05, 0.1) is 6.04 Å². The predicted octanol–water partition coefficient (Wildman–Crippen LogP) is 0.626. The SMILES string of the molecule is Cc1cc(C2CC(CO)CN2)no1. The van der Waals surface area contributed by atoms with E-state index < -0.39 is 0 Å². The Morgan fingerprint density at radius 1 is 1.77 bits per heavy atom. The Hall–Kier alpha value is -0.870. The van der Waals surface area contributed by atoms with Crippen molar-refractivity contribution >= 4 is 0 Å². The lowest BCUT2D eigenvalue weighted by molar-refractivity contribution is 0.235. The molecule has 0 aromatic carbocycles. The second-order valence-electron chi connectivity index (χ2n) is 3.61. The second kappa shape index (κ2) is 3.47. The standard InChI is InChI=1S/C9H14N2O2/c1-6-2-9(11-13-6)8-3-7(5-12)4-10-8/h2,7-8,10,12H,3-5H2,1H3. The van der Waals surface area contributed by atoms with Gasteiger partial charge < -0.3 is 14.9 Å². The number of nitrogens with zero attached hydrogens (tertiary/aromatic N) is 1. The van der Waals surface area contributed by atoms with Crippen LogP contribution >= 0.6 is 0 Å². The molecule has 1 fully saturated rings. The van der Waals surface area contributed by atoms with Gasteiger partial charge in [0, 0.05) is 19.2 Å². The molecule has 2 heterocycles. The fraction of sp³-hybridized carbons (Fsp3) is 0.667. The van der Waals surface area contributed by atoms with Gasteiger partial charge in [-0.1, -0.05) is 5.16 Å². The van der Waals surface area contributed by atoms with Gasteiger partial charge in [0.2, 0.25) is 0 Å². The number of aliphatic hydroxyl groups is 1. The van der Waals surface area contributed by atoms with Gasteiger partial charge in [0.1, 0.15) is 11.5 Å². The Morgan fingerprint density at radius 3 is 3.15 bits per heavy atom. The zero-order chi connectivity index (χ0) is 9.26. The fourth-order valence-electron chi connectivity index (χ4n) is 1.72. The topological polar surface area (TPSA) is 58.3 Å². The third-order valence-electron chi connectivity index (χ3n) is 2.48. The number of rotatable bonds is 2. The number of hydrogen-bond acceptors (Lipinski definition) is 4. The van der Waals surface area contributed by atoms with Crippen LogP contribution in [-0.4, -0.2) is 23.4 Å². The molecule has 0 saturated carbocycles. The molecule has 72 valence electrons. The highest BCUT2D eigenvalue weighted by Crippen LogP contribution is 2.26. The van der Waals surface area contributed by atoms with Gasteiger partial charge in [0.15, 0.2) is 0 Å². The molecule has 1 aromatic heterocycles. The van der Waals surface area contributed by atoms with E-state index in [0.717, 1.165) is 24.4 Å². The van der Waals surface area contributed by atoms with E-state index in [0.29, 0.717) is 5.92 Å². The molecule has 1 aliphatic heterocycles. The third kappa shape index (κ3) is 1.73. The van der Waals surface area contributed by atoms with Crippen LogP contribution in [0.2, 0.25) is 0 Å². The van der Waals surface area contributed by atoms with Crippen molar-refractivity contribution in [2.45, 2.75) is 19.4 Å². The summed E-state index contributed by atoms with van der Waals surface area (Å²) in [5.41, 5.74) is 0.952. The average molecular weight is 182 g/mol. The second-order valence-corrected chi connectivity index (χ2v) is 3.61. The Bertz CT molecular complexity index is 285. The molecule has 2 rings (SSSR count). The summed E-state index contributed by atoms with van der Waals surface area (Å²) in [7, 11) is 0. The van der Waals surface area contributed by atoms with Crippen molar-refractivity contribution in [2.75, 3.05) is 13.2 Å². The molecule has 2 N–H and O–H groups in total. The summed E-state index contributed by atoms with van der Waals surface area (Å²) in [4.78, 5) is 0. The van der Waals surface area contributed by atoms with E-state index in [2.05, 4.69) is 10.5 Å². The molecule has 0 aliphatic carbocycles. The fourth-order valence-corrected chi connectivity index (χ4v) is 1.72. The lowest BCUT2D eigenvalue weighted by Gasteiger charge is -2.04. The van der Waals surface area contributed by atoms with Crippen molar-refractivity contribution in [1.29, 1.82) is 0 Å². The van der Waals surface area contributed by atoms with Crippen LogP contribution in [0.1, 0.15) is 23.9 Å². The molecule has 4 heteroatoms. The highest BCUT2D eigenvalue weighted by atomic mass is 16.5. The summed E-state index contributed by atoms with van der Waals surface area (Å²) >= 11 is 0. The number of aryl methyl sites for hydroxylation is 1. The molecule has 4 nitrogen and oxygen atoms in total. The summed E-state index contributed by atoms with van der Waals surface area (Å²) in [5.74, 6) is 1.20. The number of aliphatic hydroxyl groups excluding tert-OH is 1. The molecule has 0 spiro atoms. The summed E-state index contributed by atoms with van der Waals surface area (Å²) in [5, 5.41) is 16.2. The van der Waals surface area contributed by atoms with Crippen molar-refractivity contribution in [3.63, 3.8) is 0 Å². The van der Waals surface area contributed by atoms with Crippen molar-refractivity contribution in [1.82, 2.24) is 10.5 Å². The van der Waals surface area contributed by atoms with Gasteiger partial charge in [-0.05, 0) is 19.3 Å². The minimum absolute atomic E-state index is 0.250. The van der Waals surface area contributed by atoms with Gasteiger partial charge in [0.25, 0.3) is 0 Å². The van der Waals surface area contributed by atoms with E-state index in [1.54, 1.807) is 0 Å². The quantitative estimate of drug-likeness (QED) is 0.704. The van der Waals surface area contributed by atoms with E-state index in [1.807, 2.05) is 13.0 Å². The van der Waals surface area contributed by atoms with E-state index in [9.17, 15) is 0 Å². The monoisotopic (exact) mass is 182 g/mol. The minimum atomic E-state index is 0.250. The van der Waals surface area contributed by atoms with Crippen LogP contribution in [-0.2, 0) is 0 Å². The Labute approximate surface area is 76.9 Å². The van der Waals surface area contributed by atoms with Gasteiger partial charge in [-0.15, -0.1) is 0 Å². The molecule has 0 amide bonds. The van der Waals surface area contributed by atoms with Crippen LogP contribution in [0.3, 0.4) is 0 Å². The van der Waals surface area contributed by atoms with Crippen LogP contribution in [0.4, 0.5) is 0 Å². The molecule has 1 aromatic rings. The van der Waals surface area contributed by atoms with Crippen LogP contribution in [0, 0.1) is 12.8 Å². The maximum atomic E-state index is 8.95. The molecule has 13 heavy (non-hydrogen) atoms. The molecule has 1 saturated heterocycles. The molecule has 0 bridgehead atoms. The Kier molecular flexibility index (Phi) is 2.33. The lowest BCUT2D eigenvalue weighted by atomic mass is 10.0. The first-order valence-electron chi connectivity index (χ1n) is 4.57. The van der Waals surface area contributed by atoms with E-state index in [1.165, 1.54) is 0 Å². The van der Waals surface area contributed by atoms with Crippen LogP contribution < -0.4 is 5.32 Å². The maximum absolute atomic E-state index is 8.95. The van der Waals surface area contributed by atoms with Gasteiger partial charge in [-0.2, -0.15) is 0 Å². The maximum Gasteiger partial charge on any atom is 0.133 e. The Morgan fingerprint density at radius 2 is 2.62 bits per heavy atom. The first kappa shape index (κ1) is 8.72. The van der Waals surface area contributed by atoms with Crippen molar-refractivity contribution in [3.05, 3.63) is 17.5 Å². The Balaban J connectivity index is 2.03. The molecule has 2 atom stereocenters. The highest BCUT2D eigenvalue weighted by molar-refractivity contribution is 5.10. The van der Waals surface area contributed by atoms with Crippen LogP contribution in [0.25, 0.3) is 0 Å². The van der Waals surface area contributed by atoms with E-state index in [-0.39, 0.29) is 12.6 Å². The highest BCUT2D eigenvalue weighted by Gasteiger charge is 2.26. The predicted molar refractivity (Wildman–Crippen MR) is 47.2 cm³/mol. The summed E-state index contributed by atoms with van der Waals surface area (Å²) < 4.78 is 4.99. The molecule has 1 aliphatic rings. The summed E-state index contributed by atoms with van der Waals surface area (Å²) in [6.07, 6.45) is 0.947. The number of nitrogens with one attached hydrogen (secondary N) is 1. The van der Waals surface area contributed by atoms with Crippen molar-refractivity contribution in [3.8, 4) is 0 Å². The van der Waals surface area contributed by atoms with Gasteiger partial charge >= 0.3 is 0 Å². The van der Waals surface area contributed by atoms with Gasteiger partial charge in [-0.3, -0.25) is 0 Å². The minimum Gasteiger partial charge on any atom is -0.396 e. The molecule has 2 unspecified atom stereocenters. The van der Waals surface area contributed by atoms with E-state index in [4.69, 9.17) is 9.63 Å². The number of hydrogen-bond donors (Lipinski definition) is 2. The average Bonchev–Trinajstić information content (AvgIpc) is 2.71. The van der Waals surface area contributed by atoms with Crippen LogP contribution in [0.5, 0.6) is 0 Å². The van der Waals surface area contributed by atoms with E-state index >= 15 is 0 Å². The largest absolute Gasteiger partial charge is 0.396 e. The first-order chi connectivity index (χ1) is 6.29. The summed E-state index contributed by atoms with van der Waals surface area (Å²) in [6, 6.07) is 2.20. The zero-order valence-corrected chi connectivity index (χ0v) is 7.66. The van der Waals surface area contributed by atoms with Crippen LogP contribution in [0.15, 0.2) is 10.6 Å². The van der Waals surface area contributed by atoms with Crippen molar-refractivity contribution in [2.24, 2.45) is 5.92 Å². The number of aromatic nitrogens is 1. The summed E-state index contributed by atoms with van der Waals surface area (Å²) in [6.45, 7) is 3.00. The normalized spacial score (nSPS) is 28.2.